The third-order valence-electron chi connectivity index (χ3n) is 3.03. The van der Waals surface area contributed by atoms with Gasteiger partial charge in [-0.1, -0.05) is 0 Å². The van der Waals surface area contributed by atoms with Crippen molar-refractivity contribution in [3.8, 4) is 0 Å². The van der Waals surface area contributed by atoms with Crippen molar-refractivity contribution in [2.45, 2.75) is 11.4 Å². The summed E-state index contributed by atoms with van der Waals surface area (Å²) in [6.45, 7) is 0.590. The molecule has 2 aromatic rings. The van der Waals surface area contributed by atoms with E-state index in [0.29, 0.717) is 12.2 Å². The lowest BCUT2D eigenvalue weighted by atomic mass is 10.3. The molecule has 0 aliphatic rings. The fourth-order valence-electron chi connectivity index (χ4n) is 1.91. The summed E-state index contributed by atoms with van der Waals surface area (Å²) < 4.78 is 27.1. The molecule has 0 saturated carbocycles. The molecular formula is C14H20N4O2S. The lowest BCUT2D eigenvalue weighted by Gasteiger charge is -2.13. The topological polar surface area (TPSA) is 77.2 Å². The maximum atomic E-state index is 12.3. The minimum Gasteiger partial charge on any atom is -0.378 e. The van der Waals surface area contributed by atoms with Crippen LogP contribution in [0.1, 0.15) is 5.69 Å². The Kier molecular flexibility index (Phi) is 4.54. The van der Waals surface area contributed by atoms with Gasteiger partial charge < -0.3 is 15.2 Å². The van der Waals surface area contributed by atoms with Crippen LogP contribution in [0.5, 0.6) is 0 Å². The van der Waals surface area contributed by atoms with Crippen LogP contribution < -0.4 is 14.9 Å². The van der Waals surface area contributed by atoms with E-state index in [0.717, 1.165) is 11.4 Å². The second-order valence-corrected chi connectivity index (χ2v) is 6.62. The summed E-state index contributed by atoms with van der Waals surface area (Å²) in [4.78, 5) is 5.11. The highest BCUT2D eigenvalue weighted by atomic mass is 32.2. The number of rotatable bonds is 6. The van der Waals surface area contributed by atoms with Gasteiger partial charge in [-0.25, -0.2) is 8.42 Å². The first kappa shape index (κ1) is 15.4. The minimum absolute atomic E-state index is 0.226. The van der Waals surface area contributed by atoms with Crippen molar-refractivity contribution in [2.24, 2.45) is 0 Å². The second kappa shape index (κ2) is 6.19. The van der Waals surface area contributed by atoms with E-state index >= 15 is 0 Å². The number of nitrogens with zero attached hydrogens (tertiary/aromatic N) is 1. The Morgan fingerprint density at radius 2 is 1.86 bits per heavy atom. The number of aromatic nitrogens is 1. The third kappa shape index (κ3) is 3.77. The molecule has 0 radical (unpaired) electrons. The molecule has 1 aromatic carbocycles. The lowest BCUT2D eigenvalue weighted by molar-refractivity contribution is 0.601. The van der Waals surface area contributed by atoms with Gasteiger partial charge in [-0.05, 0) is 37.4 Å². The van der Waals surface area contributed by atoms with Crippen LogP contribution in [-0.4, -0.2) is 34.5 Å². The van der Waals surface area contributed by atoms with Crippen molar-refractivity contribution in [1.82, 2.24) is 10.3 Å². The average Bonchev–Trinajstić information content (AvgIpc) is 2.89. The van der Waals surface area contributed by atoms with Crippen LogP contribution in [0.15, 0.2) is 41.4 Å². The molecular weight excluding hydrogens is 288 g/mol. The number of H-pyrrole nitrogens is 1. The van der Waals surface area contributed by atoms with E-state index in [2.05, 4.69) is 15.0 Å². The fourth-order valence-corrected chi connectivity index (χ4v) is 2.98. The molecule has 1 heterocycles. The molecule has 0 atom stereocenters. The number of hydrogen-bond donors (Lipinski definition) is 3. The second-order valence-electron chi connectivity index (χ2n) is 4.94. The predicted molar refractivity (Wildman–Crippen MR) is 85.1 cm³/mol. The van der Waals surface area contributed by atoms with E-state index in [1.54, 1.807) is 25.2 Å². The molecule has 6 nitrogen and oxygen atoms in total. The Hall–Kier alpha value is -1.99. The summed E-state index contributed by atoms with van der Waals surface area (Å²) in [5, 5.41) is 2.96. The van der Waals surface area contributed by atoms with Gasteiger partial charge in [-0.15, -0.1) is 0 Å². The molecule has 114 valence electrons. The molecule has 1 aromatic heterocycles. The van der Waals surface area contributed by atoms with Crippen molar-refractivity contribution in [1.29, 1.82) is 0 Å². The number of sulfonamides is 1. The Balaban J connectivity index is 2.16. The van der Waals surface area contributed by atoms with E-state index in [1.807, 2.05) is 31.1 Å². The maximum absolute atomic E-state index is 12.3. The molecule has 3 N–H and O–H groups in total. The Bertz CT molecular complexity index is 690. The first-order valence-electron chi connectivity index (χ1n) is 6.54. The van der Waals surface area contributed by atoms with Crippen LogP contribution in [-0.2, 0) is 16.6 Å². The highest BCUT2D eigenvalue weighted by molar-refractivity contribution is 7.92. The summed E-state index contributed by atoms with van der Waals surface area (Å²) in [5.74, 6) is 0. The van der Waals surface area contributed by atoms with Gasteiger partial charge in [0.2, 0.25) is 0 Å². The maximum Gasteiger partial charge on any atom is 0.263 e. The van der Waals surface area contributed by atoms with E-state index < -0.39 is 10.0 Å². The first-order valence-corrected chi connectivity index (χ1v) is 8.03. The highest BCUT2D eigenvalue weighted by Gasteiger charge is 2.16. The van der Waals surface area contributed by atoms with E-state index in [9.17, 15) is 8.42 Å². The Morgan fingerprint density at radius 1 is 1.19 bits per heavy atom. The molecule has 0 aliphatic heterocycles. The predicted octanol–water partition coefficient (Wildman–Crippen LogP) is 1.60. The zero-order chi connectivity index (χ0) is 15.5. The molecule has 2 rings (SSSR count). The van der Waals surface area contributed by atoms with Gasteiger partial charge in [0, 0.05) is 43.9 Å². The number of anilines is 2. The number of hydrogen-bond acceptors (Lipinski definition) is 4. The van der Waals surface area contributed by atoms with Gasteiger partial charge in [0.05, 0.1) is 0 Å². The van der Waals surface area contributed by atoms with Crippen molar-refractivity contribution in [2.75, 3.05) is 30.8 Å². The first-order chi connectivity index (χ1) is 9.92. The molecule has 0 spiro atoms. The fraction of sp³-hybridized carbons (Fsp3) is 0.286. The Labute approximate surface area is 125 Å². The van der Waals surface area contributed by atoms with Crippen LogP contribution >= 0.6 is 0 Å². The van der Waals surface area contributed by atoms with Gasteiger partial charge >= 0.3 is 0 Å². The minimum atomic E-state index is -3.57. The van der Waals surface area contributed by atoms with Crippen LogP contribution in [0.25, 0.3) is 0 Å². The van der Waals surface area contributed by atoms with Gasteiger partial charge in [0.25, 0.3) is 10.0 Å². The van der Waals surface area contributed by atoms with E-state index in [4.69, 9.17) is 0 Å². The number of aromatic amines is 1. The normalized spacial score (nSPS) is 11.4. The van der Waals surface area contributed by atoms with Crippen molar-refractivity contribution < 1.29 is 8.42 Å². The van der Waals surface area contributed by atoms with Crippen LogP contribution in [0.2, 0.25) is 0 Å². The Morgan fingerprint density at radius 3 is 2.43 bits per heavy atom. The van der Waals surface area contributed by atoms with Crippen molar-refractivity contribution in [3.63, 3.8) is 0 Å². The smallest absolute Gasteiger partial charge is 0.263 e. The molecule has 0 aliphatic carbocycles. The van der Waals surface area contributed by atoms with Gasteiger partial charge in [0.15, 0.2) is 0 Å². The summed E-state index contributed by atoms with van der Waals surface area (Å²) in [5.41, 5.74) is 2.37. The molecule has 0 unspecified atom stereocenters. The van der Waals surface area contributed by atoms with Crippen LogP contribution in [0.4, 0.5) is 11.4 Å². The summed E-state index contributed by atoms with van der Waals surface area (Å²) in [6.07, 6.45) is 1.49. The van der Waals surface area contributed by atoms with E-state index in [1.165, 1.54) is 6.20 Å². The molecule has 0 amide bonds. The number of nitrogens with one attached hydrogen (secondary N) is 3. The van der Waals surface area contributed by atoms with Crippen LogP contribution in [0, 0.1) is 0 Å². The van der Waals surface area contributed by atoms with Crippen molar-refractivity contribution in [3.05, 3.63) is 42.2 Å². The SMILES string of the molecule is CNCc1cc(S(=O)(=O)Nc2ccc(N(C)C)cc2)c[nH]1. The molecule has 21 heavy (non-hydrogen) atoms. The lowest BCUT2D eigenvalue weighted by Crippen LogP contribution is -2.13. The van der Waals surface area contributed by atoms with Gasteiger partial charge in [-0.2, -0.15) is 0 Å². The standard InChI is InChI=1S/C14H20N4O2S/c1-15-9-12-8-14(10-16-12)21(19,20)17-11-4-6-13(7-5-11)18(2)3/h4-8,10,15-17H,9H2,1-3H3. The highest BCUT2D eigenvalue weighted by Crippen LogP contribution is 2.20. The quantitative estimate of drug-likeness (QED) is 0.757. The molecule has 0 saturated heterocycles. The zero-order valence-electron chi connectivity index (χ0n) is 12.3. The average molecular weight is 308 g/mol. The zero-order valence-corrected chi connectivity index (χ0v) is 13.2. The largest absolute Gasteiger partial charge is 0.378 e. The monoisotopic (exact) mass is 308 g/mol. The van der Waals surface area contributed by atoms with Crippen molar-refractivity contribution >= 4 is 21.4 Å². The van der Waals surface area contributed by atoms with Gasteiger partial charge in [0.1, 0.15) is 4.90 Å². The third-order valence-corrected chi connectivity index (χ3v) is 4.39. The summed E-state index contributed by atoms with van der Waals surface area (Å²) in [6, 6.07) is 8.83. The molecule has 0 fully saturated rings. The van der Waals surface area contributed by atoms with Crippen LogP contribution in [0.3, 0.4) is 0 Å². The number of benzene rings is 1. The summed E-state index contributed by atoms with van der Waals surface area (Å²) in [7, 11) is 2.10. The van der Waals surface area contributed by atoms with Gasteiger partial charge in [-0.3, -0.25) is 4.72 Å². The van der Waals surface area contributed by atoms with E-state index in [-0.39, 0.29) is 4.90 Å². The summed E-state index contributed by atoms with van der Waals surface area (Å²) >= 11 is 0. The molecule has 7 heteroatoms. The molecule has 0 bridgehead atoms.